The van der Waals surface area contributed by atoms with E-state index in [1.165, 1.54) is 18.4 Å². The Labute approximate surface area is 88.4 Å². The molecule has 0 bridgehead atoms. The largest absolute Gasteiger partial charge is 0.434 e. The molecule has 3 nitrogen and oxygen atoms in total. The van der Waals surface area contributed by atoms with Crippen molar-refractivity contribution >= 4 is 0 Å². The Bertz CT molecular complexity index is 471. The van der Waals surface area contributed by atoms with Crippen LogP contribution in [0.2, 0.25) is 0 Å². The van der Waals surface area contributed by atoms with Gasteiger partial charge in [-0.05, 0) is 12.1 Å². The van der Waals surface area contributed by atoms with Crippen molar-refractivity contribution in [3.05, 3.63) is 36.3 Å². The van der Waals surface area contributed by atoms with Crippen LogP contribution in [-0.2, 0) is 0 Å². The predicted molar refractivity (Wildman–Crippen MR) is 48.5 cm³/mol. The molecule has 16 heavy (non-hydrogen) atoms. The summed E-state index contributed by atoms with van der Waals surface area (Å²) in [5, 5.41) is 3.56. The van der Waals surface area contributed by atoms with E-state index in [1.54, 1.807) is 0 Å². The van der Waals surface area contributed by atoms with Crippen LogP contribution in [0.5, 0.6) is 5.75 Å². The highest BCUT2D eigenvalue weighted by molar-refractivity contribution is 5.66. The van der Waals surface area contributed by atoms with Crippen molar-refractivity contribution in [2.75, 3.05) is 0 Å². The molecule has 2 rings (SSSR count). The maximum Gasteiger partial charge on any atom is 0.387 e. The van der Waals surface area contributed by atoms with Gasteiger partial charge in [-0.2, -0.15) is 8.78 Å². The first kappa shape index (κ1) is 10.5. The summed E-state index contributed by atoms with van der Waals surface area (Å²) in [6, 6.07) is 4.76. The van der Waals surface area contributed by atoms with Gasteiger partial charge >= 0.3 is 6.61 Å². The topological polar surface area (TPSA) is 35.3 Å². The van der Waals surface area contributed by atoms with Gasteiger partial charge in [-0.25, -0.2) is 4.39 Å². The molecule has 0 atom stereocenters. The molecular weight excluding hydrogens is 223 g/mol. The number of hydrogen-bond donors (Lipinski definition) is 0. The SMILES string of the molecule is Fc1ccc(-c2ccon2)c(OC(F)F)c1. The first-order chi connectivity index (χ1) is 7.66. The van der Waals surface area contributed by atoms with Gasteiger partial charge in [0.05, 0.1) is 0 Å². The van der Waals surface area contributed by atoms with Crippen molar-refractivity contribution in [3.8, 4) is 17.0 Å². The number of rotatable bonds is 3. The Kier molecular flexibility index (Phi) is 2.80. The fraction of sp³-hybridized carbons (Fsp3) is 0.100. The molecule has 0 saturated carbocycles. The molecule has 84 valence electrons. The van der Waals surface area contributed by atoms with Gasteiger partial charge in [0.25, 0.3) is 0 Å². The maximum atomic E-state index is 12.9. The molecule has 0 unspecified atom stereocenters. The van der Waals surface area contributed by atoms with E-state index in [0.29, 0.717) is 5.69 Å². The number of nitrogens with zero attached hydrogens (tertiary/aromatic N) is 1. The van der Waals surface area contributed by atoms with E-state index in [-0.39, 0.29) is 11.3 Å². The van der Waals surface area contributed by atoms with Crippen LogP contribution in [0.3, 0.4) is 0 Å². The Hall–Kier alpha value is -1.98. The molecule has 0 aliphatic rings. The molecule has 0 saturated heterocycles. The molecule has 1 aromatic carbocycles. The van der Waals surface area contributed by atoms with Gasteiger partial charge in [0.15, 0.2) is 0 Å². The minimum absolute atomic E-state index is 0.246. The van der Waals surface area contributed by atoms with Crippen LogP contribution in [0.25, 0.3) is 11.3 Å². The maximum absolute atomic E-state index is 12.9. The summed E-state index contributed by atoms with van der Waals surface area (Å²) in [5.41, 5.74) is 0.547. The first-order valence-electron chi connectivity index (χ1n) is 4.32. The minimum atomic E-state index is -3.02. The Morgan fingerprint density at radius 3 is 2.69 bits per heavy atom. The van der Waals surface area contributed by atoms with Crippen LogP contribution in [-0.4, -0.2) is 11.8 Å². The van der Waals surface area contributed by atoms with E-state index >= 15 is 0 Å². The monoisotopic (exact) mass is 229 g/mol. The summed E-state index contributed by atoms with van der Waals surface area (Å²) in [5.74, 6) is -0.938. The van der Waals surface area contributed by atoms with Gasteiger partial charge in [-0.3, -0.25) is 0 Å². The van der Waals surface area contributed by atoms with Crippen molar-refractivity contribution in [2.45, 2.75) is 6.61 Å². The molecule has 0 spiro atoms. The van der Waals surface area contributed by atoms with Crippen molar-refractivity contribution in [2.24, 2.45) is 0 Å². The fourth-order valence-electron chi connectivity index (χ4n) is 1.25. The van der Waals surface area contributed by atoms with Gasteiger partial charge in [0.2, 0.25) is 0 Å². The van der Waals surface area contributed by atoms with Crippen LogP contribution in [0, 0.1) is 5.82 Å². The van der Waals surface area contributed by atoms with Crippen molar-refractivity contribution in [1.29, 1.82) is 0 Å². The summed E-state index contributed by atoms with van der Waals surface area (Å²) in [6.07, 6.45) is 1.28. The molecule has 0 aliphatic carbocycles. The highest BCUT2D eigenvalue weighted by atomic mass is 19.3. The van der Waals surface area contributed by atoms with Crippen LogP contribution in [0.1, 0.15) is 0 Å². The zero-order valence-electron chi connectivity index (χ0n) is 7.86. The quantitative estimate of drug-likeness (QED) is 0.811. The summed E-state index contributed by atoms with van der Waals surface area (Å²) >= 11 is 0. The lowest BCUT2D eigenvalue weighted by atomic mass is 10.1. The zero-order valence-corrected chi connectivity index (χ0v) is 7.86. The van der Waals surface area contributed by atoms with E-state index in [1.807, 2.05) is 0 Å². The van der Waals surface area contributed by atoms with Gasteiger partial charge in [-0.15, -0.1) is 0 Å². The second kappa shape index (κ2) is 4.26. The van der Waals surface area contributed by atoms with E-state index in [0.717, 1.165) is 12.1 Å². The summed E-state index contributed by atoms with van der Waals surface area (Å²) in [6.45, 7) is -3.02. The third kappa shape index (κ3) is 2.16. The lowest BCUT2D eigenvalue weighted by Crippen LogP contribution is -2.03. The predicted octanol–water partition coefficient (Wildman–Crippen LogP) is 3.08. The number of halogens is 3. The van der Waals surface area contributed by atoms with E-state index < -0.39 is 12.4 Å². The highest BCUT2D eigenvalue weighted by Gasteiger charge is 2.14. The second-order valence-corrected chi connectivity index (χ2v) is 2.90. The molecule has 1 aromatic heterocycles. The van der Waals surface area contributed by atoms with Crippen LogP contribution in [0.15, 0.2) is 35.1 Å². The van der Waals surface area contributed by atoms with Crippen LogP contribution < -0.4 is 4.74 Å². The van der Waals surface area contributed by atoms with Crippen LogP contribution >= 0.6 is 0 Å². The molecule has 1 heterocycles. The van der Waals surface area contributed by atoms with Crippen LogP contribution in [0.4, 0.5) is 13.2 Å². The average molecular weight is 229 g/mol. The third-order valence-corrected chi connectivity index (χ3v) is 1.87. The van der Waals surface area contributed by atoms with Crippen molar-refractivity contribution < 1.29 is 22.4 Å². The number of alkyl halides is 2. The smallest absolute Gasteiger partial charge is 0.387 e. The first-order valence-corrected chi connectivity index (χ1v) is 4.32. The highest BCUT2D eigenvalue weighted by Crippen LogP contribution is 2.30. The minimum Gasteiger partial charge on any atom is -0.434 e. The number of hydrogen-bond acceptors (Lipinski definition) is 3. The third-order valence-electron chi connectivity index (χ3n) is 1.87. The zero-order chi connectivity index (χ0) is 11.5. The number of benzene rings is 1. The van der Waals surface area contributed by atoms with Crippen molar-refractivity contribution in [3.63, 3.8) is 0 Å². The lowest BCUT2D eigenvalue weighted by Gasteiger charge is -2.08. The standard InChI is InChI=1S/C10H6F3NO2/c11-6-1-2-7(8-3-4-15-14-8)9(5-6)16-10(12)13/h1-5,10H. The second-order valence-electron chi connectivity index (χ2n) is 2.90. The molecule has 0 aliphatic heterocycles. The number of aromatic nitrogens is 1. The van der Waals surface area contributed by atoms with Gasteiger partial charge < -0.3 is 9.26 Å². The summed E-state index contributed by atoms with van der Waals surface area (Å²) in [4.78, 5) is 0. The molecule has 0 amide bonds. The average Bonchev–Trinajstić information content (AvgIpc) is 2.69. The lowest BCUT2D eigenvalue weighted by molar-refractivity contribution is -0.0496. The van der Waals surface area contributed by atoms with Gasteiger partial charge in [0, 0.05) is 17.7 Å². The summed E-state index contributed by atoms with van der Waals surface area (Å²) < 4.78 is 45.8. The molecule has 0 fully saturated rings. The molecule has 0 N–H and O–H groups in total. The van der Waals surface area contributed by atoms with E-state index in [4.69, 9.17) is 0 Å². The Balaban J connectivity index is 2.44. The molecule has 2 aromatic rings. The van der Waals surface area contributed by atoms with Gasteiger partial charge in [-0.1, -0.05) is 5.16 Å². The molecule has 0 radical (unpaired) electrons. The molecule has 6 heteroatoms. The molecular formula is C10H6F3NO2. The number of ether oxygens (including phenoxy) is 1. The Morgan fingerprint density at radius 1 is 1.25 bits per heavy atom. The normalized spacial score (nSPS) is 10.8. The summed E-state index contributed by atoms with van der Waals surface area (Å²) in [7, 11) is 0. The van der Waals surface area contributed by atoms with Crippen molar-refractivity contribution in [1.82, 2.24) is 5.16 Å². The van der Waals surface area contributed by atoms with E-state index in [2.05, 4.69) is 14.4 Å². The fourth-order valence-corrected chi connectivity index (χ4v) is 1.25. The van der Waals surface area contributed by atoms with E-state index in [9.17, 15) is 13.2 Å². The van der Waals surface area contributed by atoms with Gasteiger partial charge in [0.1, 0.15) is 23.5 Å². The Morgan fingerprint density at radius 2 is 2.06 bits per heavy atom.